The molecule has 20 heavy (non-hydrogen) atoms. The Hall–Kier alpha value is -1.92. The zero-order valence-electron chi connectivity index (χ0n) is 11.5. The molecule has 6 nitrogen and oxygen atoms in total. The zero-order valence-corrected chi connectivity index (χ0v) is 11.5. The second-order valence-electron chi connectivity index (χ2n) is 5.10. The Morgan fingerprint density at radius 3 is 2.65 bits per heavy atom. The Labute approximate surface area is 118 Å². The molecule has 3 N–H and O–H groups in total. The predicted octanol–water partition coefficient (Wildman–Crippen LogP) is 0.586. The van der Waals surface area contributed by atoms with Crippen LogP contribution < -0.4 is 10.6 Å². The maximum atomic E-state index is 5.69. The van der Waals surface area contributed by atoms with Crippen molar-refractivity contribution in [3.63, 3.8) is 0 Å². The summed E-state index contributed by atoms with van der Waals surface area (Å²) >= 11 is 0. The van der Waals surface area contributed by atoms with Crippen LogP contribution in [0.1, 0.15) is 11.1 Å². The van der Waals surface area contributed by atoms with E-state index in [1.807, 2.05) is 0 Å². The normalized spacial score (nSPS) is 16.6. The van der Waals surface area contributed by atoms with Crippen LogP contribution in [-0.2, 0) is 13.1 Å². The molecule has 0 amide bonds. The first-order valence-electron chi connectivity index (χ1n) is 6.96. The van der Waals surface area contributed by atoms with Gasteiger partial charge in [-0.05, 0) is 11.1 Å². The largest absolute Gasteiger partial charge is 0.339 e. The number of hydrogen-bond donors (Lipinski definition) is 2. The molecule has 1 aliphatic rings. The first-order valence-corrected chi connectivity index (χ1v) is 6.96. The summed E-state index contributed by atoms with van der Waals surface area (Å²) in [6, 6.07) is 8.53. The van der Waals surface area contributed by atoms with E-state index >= 15 is 0 Å². The summed E-state index contributed by atoms with van der Waals surface area (Å²) in [4.78, 5) is 8.90. The highest BCUT2D eigenvalue weighted by Gasteiger charge is 2.18. The van der Waals surface area contributed by atoms with Crippen LogP contribution in [0.15, 0.2) is 30.6 Å². The maximum Gasteiger partial charge on any atom is 0.221 e. The van der Waals surface area contributed by atoms with Crippen molar-refractivity contribution >= 4 is 5.95 Å². The van der Waals surface area contributed by atoms with Gasteiger partial charge in [0.05, 0.1) is 0 Å². The minimum Gasteiger partial charge on any atom is -0.339 e. The maximum absolute atomic E-state index is 5.69. The van der Waals surface area contributed by atoms with Crippen LogP contribution in [0, 0.1) is 0 Å². The summed E-state index contributed by atoms with van der Waals surface area (Å²) in [5.41, 5.74) is 8.22. The number of nitrogens with two attached hydrogens (primary N) is 1. The van der Waals surface area contributed by atoms with Crippen molar-refractivity contribution in [1.82, 2.24) is 20.1 Å². The van der Waals surface area contributed by atoms with E-state index in [9.17, 15) is 0 Å². The van der Waals surface area contributed by atoms with Crippen molar-refractivity contribution in [1.29, 1.82) is 0 Å². The van der Waals surface area contributed by atoms with Crippen molar-refractivity contribution in [2.45, 2.75) is 13.1 Å². The lowest BCUT2D eigenvalue weighted by Crippen LogP contribution is -2.46. The van der Waals surface area contributed by atoms with Crippen LogP contribution >= 0.6 is 0 Å². The molecule has 0 saturated carbocycles. The summed E-state index contributed by atoms with van der Waals surface area (Å²) in [5, 5.41) is 6.82. The van der Waals surface area contributed by atoms with Gasteiger partial charge < -0.3 is 10.6 Å². The summed E-state index contributed by atoms with van der Waals surface area (Å²) in [5.74, 6) is 0.870. The Morgan fingerprint density at radius 2 is 1.95 bits per heavy atom. The summed E-state index contributed by atoms with van der Waals surface area (Å²) < 4.78 is 0. The van der Waals surface area contributed by atoms with Crippen molar-refractivity contribution in [3.05, 3.63) is 41.7 Å². The van der Waals surface area contributed by atoms with Crippen LogP contribution in [0.5, 0.6) is 0 Å². The van der Waals surface area contributed by atoms with Crippen LogP contribution in [-0.4, -0.2) is 46.3 Å². The predicted molar refractivity (Wildman–Crippen MR) is 78.2 cm³/mol. The first-order chi connectivity index (χ1) is 9.85. The molecule has 6 heteroatoms. The first kappa shape index (κ1) is 13.1. The van der Waals surface area contributed by atoms with Gasteiger partial charge in [-0.25, -0.2) is 5.10 Å². The van der Waals surface area contributed by atoms with E-state index in [1.165, 1.54) is 11.1 Å². The molecular formula is C14H20N6. The van der Waals surface area contributed by atoms with E-state index in [4.69, 9.17) is 5.73 Å². The van der Waals surface area contributed by atoms with Crippen LogP contribution in [0.25, 0.3) is 0 Å². The van der Waals surface area contributed by atoms with Crippen molar-refractivity contribution < 1.29 is 0 Å². The summed E-state index contributed by atoms with van der Waals surface area (Å²) in [6.07, 6.45) is 1.56. The minimum atomic E-state index is 0.604. The molecular weight excluding hydrogens is 252 g/mol. The number of hydrogen-bond acceptors (Lipinski definition) is 5. The van der Waals surface area contributed by atoms with Gasteiger partial charge in [-0.2, -0.15) is 10.1 Å². The van der Waals surface area contributed by atoms with Gasteiger partial charge >= 0.3 is 0 Å². The quantitative estimate of drug-likeness (QED) is 0.852. The lowest BCUT2D eigenvalue weighted by Gasteiger charge is -2.34. The molecule has 0 bridgehead atoms. The number of aromatic nitrogens is 3. The summed E-state index contributed by atoms with van der Waals surface area (Å²) in [7, 11) is 0. The molecule has 106 valence electrons. The number of rotatable bonds is 4. The molecule has 0 atom stereocenters. The van der Waals surface area contributed by atoms with Gasteiger partial charge in [-0.3, -0.25) is 4.90 Å². The van der Waals surface area contributed by atoms with Crippen molar-refractivity contribution in [3.8, 4) is 0 Å². The highest BCUT2D eigenvalue weighted by atomic mass is 15.4. The van der Waals surface area contributed by atoms with Crippen molar-refractivity contribution in [2.24, 2.45) is 5.73 Å². The number of nitrogens with one attached hydrogen (secondary N) is 1. The number of anilines is 1. The molecule has 1 aromatic heterocycles. The molecule has 1 saturated heterocycles. The second-order valence-corrected chi connectivity index (χ2v) is 5.10. The van der Waals surface area contributed by atoms with E-state index in [0.717, 1.165) is 38.7 Å². The zero-order chi connectivity index (χ0) is 13.8. The average Bonchev–Trinajstić information content (AvgIpc) is 3.02. The van der Waals surface area contributed by atoms with E-state index in [2.05, 4.69) is 49.2 Å². The fourth-order valence-corrected chi connectivity index (χ4v) is 2.58. The lowest BCUT2D eigenvalue weighted by atomic mass is 10.1. The molecule has 1 aliphatic heterocycles. The molecule has 2 aromatic rings. The molecule has 0 radical (unpaired) electrons. The second kappa shape index (κ2) is 6.02. The fourth-order valence-electron chi connectivity index (χ4n) is 2.58. The van der Waals surface area contributed by atoms with E-state index in [0.29, 0.717) is 6.54 Å². The third kappa shape index (κ3) is 2.97. The number of nitrogens with zero attached hydrogens (tertiary/aromatic N) is 4. The van der Waals surface area contributed by atoms with E-state index in [-0.39, 0.29) is 0 Å². The highest BCUT2D eigenvalue weighted by Crippen LogP contribution is 2.13. The fraction of sp³-hybridized carbons (Fsp3) is 0.429. The molecule has 0 spiro atoms. The molecule has 0 aliphatic carbocycles. The number of aromatic amines is 1. The van der Waals surface area contributed by atoms with Crippen molar-refractivity contribution in [2.75, 3.05) is 31.1 Å². The van der Waals surface area contributed by atoms with E-state index in [1.54, 1.807) is 6.33 Å². The SMILES string of the molecule is NCc1cccc(CN2CCN(c3ncn[nH]3)CC2)c1. The monoisotopic (exact) mass is 272 g/mol. The number of benzene rings is 1. The number of piperazine rings is 1. The van der Waals surface area contributed by atoms with Crippen LogP contribution in [0.4, 0.5) is 5.95 Å². The molecule has 2 heterocycles. The van der Waals surface area contributed by atoms with Gasteiger partial charge in [0, 0.05) is 39.3 Å². The highest BCUT2D eigenvalue weighted by molar-refractivity contribution is 5.28. The Morgan fingerprint density at radius 1 is 1.15 bits per heavy atom. The third-order valence-electron chi connectivity index (χ3n) is 3.71. The molecule has 1 aromatic carbocycles. The van der Waals surface area contributed by atoms with Gasteiger partial charge in [0.15, 0.2) is 0 Å². The minimum absolute atomic E-state index is 0.604. The van der Waals surface area contributed by atoms with Gasteiger partial charge in [-0.15, -0.1) is 0 Å². The van der Waals surface area contributed by atoms with E-state index < -0.39 is 0 Å². The number of H-pyrrole nitrogens is 1. The van der Waals surface area contributed by atoms with Crippen LogP contribution in [0.3, 0.4) is 0 Å². The van der Waals surface area contributed by atoms with Gasteiger partial charge in [0.1, 0.15) is 6.33 Å². The molecule has 1 fully saturated rings. The standard InChI is InChI=1S/C14H20N6/c15-9-12-2-1-3-13(8-12)10-19-4-6-20(7-5-19)14-16-11-17-18-14/h1-3,8,11H,4-7,9-10,15H2,(H,16,17,18). The van der Waals surface area contributed by atoms with Gasteiger partial charge in [0.25, 0.3) is 0 Å². The topological polar surface area (TPSA) is 74.1 Å². The summed E-state index contributed by atoms with van der Waals surface area (Å²) in [6.45, 7) is 5.61. The van der Waals surface area contributed by atoms with Gasteiger partial charge in [-0.1, -0.05) is 24.3 Å². The Bertz CT molecular complexity index is 530. The Balaban J connectivity index is 1.55. The average molecular weight is 272 g/mol. The third-order valence-corrected chi connectivity index (χ3v) is 3.71. The van der Waals surface area contributed by atoms with Gasteiger partial charge in [0.2, 0.25) is 5.95 Å². The molecule has 0 unspecified atom stereocenters. The lowest BCUT2D eigenvalue weighted by molar-refractivity contribution is 0.248. The smallest absolute Gasteiger partial charge is 0.221 e. The Kier molecular flexibility index (Phi) is 3.94. The molecule has 3 rings (SSSR count). The van der Waals surface area contributed by atoms with Crippen LogP contribution in [0.2, 0.25) is 0 Å².